The fraction of sp³-hybridized carbons (Fsp3) is 0.571. The van der Waals surface area contributed by atoms with Crippen LogP contribution in [0.1, 0.15) is 13.8 Å². The SMILES string of the molecule is COc1cc(S(=O)(=O)N2CCN(C(C)C)CC2)ccc1N. The highest BCUT2D eigenvalue weighted by Gasteiger charge is 2.29. The van der Waals surface area contributed by atoms with Crippen LogP contribution in [0.15, 0.2) is 23.1 Å². The van der Waals surface area contributed by atoms with Gasteiger partial charge < -0.3 is 10.5 Å². The molecule has 0 radical (unpaired) electrons. The van der Waals surface area contributed by atoms with Crippen LogP contribution < -0.4 is 10.5 Å². The minimum absolute atomic E-state index is 0.228. The molecule has 2 rings (SSSR count). The highest BCUT2D eigenvalue weighted by Crippen LogP contribution is 2.27. The first-order valence-corrected chi connectivity index (χ1v) is 8.48. The zero-order chi connectivity index (χ0) is 15.6. The Morgan fingerprint density at radius 1 is 1.19 bits per heavy atom. The van der Waals surface area contributed by atoms with E-state index >= 15 is 0 Å². The van der Waals surface area contributed by atoms with E-state index in [-0.39, 0.29) is 4.90 Å². The molecule has 1 aromatic carbocycles. The Morgan fingerprint density at radius 3 is 2.33 bits per heavy atom. The first-order chi connectivity index (χ1) is 9.86. The van der Waals surface area contributed by atoms with Gasteiger partial charge in [0.25, 0.3) is 0 Å². The van der Waals surface area contributed by atoms with Gasteiger partial charge in [0.15, 0.2) is 0 Å². The first kappa shape index (κ1) is 16.1. The van der Waals surface area contributed by atoms with E-state index in [9.17, 15) is 8.42 Å². The molecule has 0 bridgehead atoms. The number of rotatable bonds is 4. The van der Waals surface area contributed by atoms with Crippen LogP contribution in [0.4, 0.5) is 5.69 Å². The molecule has 21 heavy (non-hydrogen) atoms. The summed E-state index contributed by atoms with van der Waals surface area (Å²) in [5.41, 5.74) is 6.16. The monoisotopic (exact) mass is 313 g/mol. The van der Waals surface area contributed by atoms with Gasteiger partial charge in [0.1, 0.15) is 5.75 Å². The molecule has 0 aliphatic carbocycles. The molecule has 0 atom stereocenters. The number of hydrogen-bond donors (Lipinski definition) is 1. The molecular weight excluding hydrogens is 290 g/mol. The van der Waals surface area contributed by atoms with Gasteiger partial charge >= 0.3 is 0 Å². The molecule has 1 aliphatic rings. The predicted octanol–water partition coefficient (Wildman–Crippen LogP) is 0.992. The van der Waals surface area contributed by atoms with E-state index in [4.69, 9.17) is 10.5 Å². The van der Waals surface area contributed by atoms with Crippen molar-refractivity contribution in [3.05, 3.63) is 18.2 Å². The standard InChI is InChI=1S/C14H23N3O3S/c1-11(2)16-6-8-17(9-7-16)21(18,19)12-4-5-13(15)14(10-12)20-3/h4-5,10-11H,6-9,15H2,1-3H3. The van der Waals surface area contributed by atoms with Crippen LogP contribution >= 0.6 is 0 Å². The number of ether oxygens (including phenoxy) is 1. The Kier molecular flexibility index (Phi) is 4.75. The molecule has 0 saturated carbocycles. The van der Waals surface area contributed by atoms with Crippen molar-refractivity contribution in [3.8, 4) is 5.75 Å². The van der Waals surface area contributed by atoms with E-state index in [2.05, 4.69) is 18.7 Å². The summed E-state index contributed by atoms with van der Waals surface area (Å²) in [5, 5.41) is 0. The molecule has 1 saturated heterocycles. The van der Waals surface area contributed by atoms with Crippen molar-refractivity contribution < 1.29 is 13.2 Å². The topological polar surface area (TPSA) is 75.9 Å². The summed E-state index contributed by atoms with van der Waals surface area (Å²) in [6.45, 7) is 6.76. The molecular formula is C14H23N3O3S. The molecule has 7 heteroatoms. The number of nitrogen functional groups attached to an aromatic ring is 1. The molecule has 1 aliphatic heterocycles. The van der Waals surface area contributed by atoms with Crippen molar-refractivity contribution in [2.45, 2.75) is 24.8 Å². The minimum atomic E-state index is -3.49. The molecule has 0 spiro atoms. The summed E-state index contributed by atoms with van der Waals surface area (Å²) >= 11 is 0. The van der Waals surface area contributed by atoms with Gasteiger partial charge in [-0.1, -0.05) is 0 Å². The summed E-state index contributed by atoms with van der Waals surface area (Å²) < 4.78 is 31.9. The van der Waals surface area contributed by atoms with Crippen LogP contribution in [0.3, 0.4) is 0 Å². The van der Waals surface area contributed by atoms with Crippen molar-refractivity contribution in [1.82, 2.24) is 9.21 Å². The van der Waals surface area contributed by atoms with E-state index in [0.717, 1.165) is 13.1 Å². The summed E-state index contributed by atoms with van der Waals surface area (Å²) in [6, 6.07) is 5.02. The van der Waals surface area contributed by atoms with Crippen LogP contribution in [0.2, 0.25) is 0 Å². The van der Waals surface area contributed by atoms with Gasteiger partial charge in [-0.05, 0) is 26.0 Å². The summed E-state index contributed by atoms with van der Waals surface area (Å²) in [7, 11) is -2.01. The second-order valence-corrected chi connectivity index (χ2v) is 7.38. The smallest absolute Gasteiger partial charge is 0.243 e. The second kappa shape index (κ2) is 6.21. The van der Waals surface area contributed by atoms with E-state index in [0.29, 0.717) is 30.6 Å². The zero-order valence-corrected chi connectivity index (χ0v) is 13.6. The number of nitrogens with two attached hydrogens (primary N) is 1. The lowest BCUT2D eigenvalue weighted by Gasteiger charge is -2.36. The van der Waals surface area contributed by atoms with Gasteiger partial charge in [-0.2, -0.15) is 4.31 Å². The van der Waals surface area contributed by atoms with Crippen molar-refractivity contribution in [2.24, 2.45) is 0 Å². The third kappa shape index (κ3) is 3.30. The number of benzene rings is 1. The summed E-state index contributed by atoms with van der Waals surface area (Å²) in [4.78, 5) is 2.50. The number of piperazine rings is 1. The molecule has 0 unspecified atom stereocenters. The Labute approximate surface area is 126 Å². The van der Waals surface area contributed by atoms with Gasteiger partial charge in [0, 0.05) is 38.3 Å². The molecule has 6 nitrogen and oxygen atoms in total. The Hall–Kier alpha value is -1.31. The van der Waals surface area contributed by atoms with Crippen molar-refractivity contribution >= 4 is 15.7 Å². The largest absolute Gasteiger partial charge is 0.495 e. The molecule has 2 N–H and O–H groups in total. The molecule has 1 heterocycles. The maximum absolute atomic E-state index is 12.7. The molecule has 1 aromatic rings. The molecule has 118 valence electrons. The van der Waals surface area contributed by atoms with Gasteiger partial charge in [0.2, 0.25) is 10.0 Å². The fourth-order valence-electron chi connectivity index (χ4n) is 2.46. The number of methoxy groups -OCH3 is 1. The average Bonchev–Trinajstić information content (AvgIpc) is 2.47. The highest BCUT2D eigenvalue weighted by molar-refractivity contribution is 7.89. The Morgan fingerprint density at radius 2 is 1.81 bits per heavy atom. The van der Waals surface area contributed by atoms with Crippen molar-refractivity contribution in [1.29, 1.82) is 0 Å². The number of sulfonamides is 1. The lowest BCUT2D eigenvalue weighted by molar-refractivity contribution is 0.154. The normalized spacial score (nSPS) is 18.1. The van der Waals surface area contributed by atoms with Gasteiger partial charge in [-0.25, -0.2) is 8.42 Å². The van der Waals surface area contributed by atoms with E-state index in [1.54, 1.807) is 6.07 Å². The third-order valence-electron chi connectivity index (χ3n) is 3.85. The maximum Gasteiger partial charge on any atom is 0.243 e. The second-order valence-electron chi connectivity index (χ2n) is 5.44. The number of anilines is 1. The van der Waals surface area contributed by atoms with Gasteiger partial charge in [-0.15, -0.1) is 0 Å². The number of hydrogen-bond acceptors (Lipinski definition) is 5. The highest BCUT2D eigenvalue weighted by atomic mass is 32.2. The zero-order valence-electron chi connectivity index (χ0n) is 12.7. The van der Waals surface area contributed by atoms with Crippen LogP contribution in [-0.2, 0) is 10.0 Å². The van der Waals surface area contributed by atoms with E-state index < -0.39 is 10.0 Å². The predicted molar refractivity (Wildman–Crippen MR) is 82.9 cm³/mol. The first-order valence-electron chi connectivity index (χ1n) is 7.04. The van der Waals surface area contributed by atoms with Crippen LogP contribution in [0.25, 0.3) is 0 Å². The van der Waals surface area contributed by atoms with Gasteiger partial charge in [-0.3, -0.25) is 4.90 Å². The van der Waals surface area contributed by atoms with Crippen LogP contribution in [-0.4, -0.2) is 57.0 Å². The van der Waals surface area contributed by atoms with Crippen LogP contribution in [0.5, 0.6) is 5.75 Å². The summed E-state index contributed by atoms with van der Waals surface area (Å²) in [5.74, 6) is 0.386. The van der Waals surface area contributed by atoms with Crippen molar-refractivity contribution in [2.75, 3.05) is 39.0 Å². The summed E-state index contributed by atoms with van der Waals surface area (Å²) in [6.07, 6.45) is 0. The maximum atomic E-state index is 12.7. The molecule has 0 amide bonds. The average molecular weight is 313 g/mol. The van der Waals surface area contributed by atoms with E-state index in [1.165, 1.54) is 23.5 Å². The Balaban J connectivity index is 2.19. The minimum Gasteiger partial charge on any atom is -0.495 e. The third-order valence-corrected chi connectivity index (χ3v) is 5.74. The lowest BCUT2D eigenvalue weighted by atomic mass is 10.3. The Bertz CT molecular complexity index is 593. The molecule has 1 fully saturated rings. The fourth-order valence-corrected chi connectivity index (χ4v) is 3.90. The van der Waals surface area contributed by atoms with Crippen molar-refractivity contribution in [3.63, 3.8) is 0 Å². The lowest BCUT2D eigenvalue weighted by Crippen LogP contribution is -2.50. The van der Waals surface area contributed by atoms with Crippen LogP contribution in [0, 0.1) is 0 Å². The number of nitrogens with zero attached hydrogens (tertiary/aromatic N) is 2. The van der Waals surface area contributed by atoms with E-state index in [1.807, 2.05) is 0 Å². The molecule has 0 aromatic heterocycles. The quantitative estimate of drug-likeness (QED) is 0.839. The van der Waals surface area contributed by atoms with Gasteiger partial charge in [0.05, 0.1) is 17.7 Å².